The Bertz CT molecular complexity index is 439. The summed E-state index contributed by atoms with van der Waals surface area (Å²) >= 11 is 0. The van der Waals surface area contributed by atoms with Crippen LogP contribution in [0, 0.1) is 12.8 Å². The molecule has 0 fully saturated rings. The van der Waals surface area contributed by atoms with E-state index in [2.05, 4.69) is 0 Å². The first-order valence-electron chi connectivity index (χ1n) is 5.90. The van der Waals surface area contributed by atoms with Gasteiger partial charge in [0.15, 0.2) is 0 Å². The number of carbonyl (C=O) groups is 2. The Morgan fingerprint density at radius 1 is 1.17 bits per heavy atom. The summed E-state index contributed by atoms with van der Waals surface area (Å²) in [5, 5.41) is 8.84. The molecule has 18 heavy (non-hydrogen) atoms. The third-order valence-electron chi connectivity index (χ3n) is 3.23. The van der Waals surface area contributed by atoms with E-state index >= 15 is 0 Å². The molecule has 4 nitrogen and oxygen atoms in total. The summed E-state index contributed by atoms with van der Waals surface area (Å²) in [6.07, 6.45) is 0. The van der Waals surface area contributed by atoms with Crippen molar-refractivity contribution in [1.29, 1.82) is 0 Å². The van der Waals surface area contributed by atoms with E-state index in [9.17, 15) is 9.59 Å². The average molecular weight is 249 g/mol. The van der Waals surface area contributed by atoms with Crippen LogP contribution in [-0.4, -0.2) is 28.9 Å². The lowest BCUT2D eigenvalue weighted by Gasteiger charge is -2.27. The first kappa shape index (κ1) is 14.2. The van der Waals surface area contributed by atoms with Gasteiger partial charge in [-0.1, -0.05) is 29.8 Å². The highest BCUT2D eigenvalue weighted by molar-refractivity contribution is 5.96. The van der Waals surface area contributed by atoms with Crippen molar-refractivity contribution in [2.45, 2.75) is 26.8 Å². The molecular formula is C14H19NO3. The molecule has 2 unspecified atom stereocenters. The van der Waals surface area contributed by atoms with Crippen LogP contribution in [-0.2, 0) is 9.59 Å². The van der Waals surface area contributed by atoms with Crippen molar-refractivity contribution in [3.05, 3.63) is 35.4 Å². The van der Waals surface area contributed by atoms with Gasteiger partial charge in [0, 0.05) is 7.05 Å². The molecule has 1 amide bonds. The van der Waals surface area contributed by atoms with Crippen LogP contribution in [0.3, 0.4) is 0 Å². The first-order chi connectivity index (χ1) is 8.34. The zero-order valence-corrected chi connectivity index (χ0v) is 11.2. The number of rotatable bonds is 4. The van der Waals surface area contributed by atoms with Crippen molar-refractivity contribution in [1.82, 2.24) is 4.90 Å². The smallest absolute Gasteiger partial charge is 0.315 e. The molecule has 2 atom stereocenters. The fourth-order valence-electron chi connectivity index (χ4n) is 1.67. The molecular weight excluding hydrogens is 230 g/mol. The van der Waals surface area contributed by atoms with Crippen molar-refractivity contribution in [3.63, 3.8) is 0 Å². The monoisotopic (exact) mass is 249 g/mol. The topological polar surface area (TPSA) is 57.6 Å². The van der Waals surface area contributed by atoms with Gasteiger partial charge in [-0.25, -0.2) is 0 Å². The lowest BCUT2D eigenvalue weighted by molar-refractivity contribution is -0.150. The molecule has 4 heteroatoms. The maximum absolute atomic E-state index is 11.9. The molecule has 0 aliphatic heterocycles. The van der Waals surface area contributed by atoms with Crippen LogP contribution < -0.4 is 0 Å². The summed E-state index contributed by atoms with van der Waals surface area (Å²) in [4.78, 5) is 24.2. The van der Waals surface area contributed by atoms with Crippen molar-refractivity contribution in [2.75, 3.05) is 7.05 Å². The molecule has 0 saturated heterocycles. The van der Waals surface area contributed by atoms with Crippen LogP contribution in [0.1, 0.15) is 31.0 Å². The Kier molecular flexibility index (Phi) is 4.48. The summed E-state index contributed by atoms with van der Waals surface area (Å²) in [5.74, 6) is -2.48. The summed E-state index contributed by atoms with van der Waals surface area (Å²) in [5.41, 5.74) is 2.15. The second-order valence-corrected chi connectivity index (χ2v) is 4.60. The van der Waals surface area contributed by atoms with Gasteiger partial charge >= 0.3 is 5.97 Å². The maximum Gasteiger partial charge on any atom is 0.315 e. The zero-order valence-electron chi connectivity index (χ0n) is 11.2. The third kappa shape index (κ3) is 3.09. The Hall–Kier alpha value is -1.84. The minimum atomic E-state index is -1.09. The van der Waals surface area contributed by atoms with Crippen LogP contribution in [0.25, 0.3) is 0 Å². The van der Waals surface area contributed by atoms with Crippen molar-refractivity contribution in [3.8, 4) is 0 Å². The molecule has 0 aromatic heterocycles. The molecule has 1 N–H and O–H groups in total. The molecule has 0 saturated carbocycles. The number of carbonyl (C=O) groups excluding carboxylic acids is 1. The molecule has 0 aliphatic rings. The minimum absolute atomic E-state index is 0.139. The minimum Gasteiger partial charge on any atom is -0.481 e. The first-order valence-corrected chi connectivity index (χ1v) is 5.90. The van der Waals surface area contributed by atoms with E-state index in [0.717, 1.165) is 11.1 Å². The number of hydrogen-bond acceptors (Lipinski definition) is 2. The Morgan fingerprint density at radius 3 is 2.11 bits per heavy atom. The lowest BCUT2D eigenvalue weighted by Crippen LogP contribution is -2.37. The van der Waals surface area contributed by atoms with E-state index < -0.39 is 11.9 Å². The fourth-order valence-corrected chi connectivity index (χ4v) is 1.67. The molecule has 1 aromatic rings. The Labute approximate surface area is 107 Å². The molecule has 0 aliphatic carbocycles. The molecule has 0 bridgehead atoms. The highest BCUT2D eigenvalue weighted by Gasteiger charge is 2.27. The van der Waals surface area contributed by atoms with Gasteiger partial charge in [0.1, 0.15) is 5.92 Å². The van der Waals surface area contributed by atoms with Gasteiger partial charge in [0.05, 0.1) is 6.04 Å². The summed E-state index contributed by atoms with van der Waals surface area (Å²) in [6.45, 7) is 5.29. The normalized spacial score (nSPS) is 13.8. The molecule has 1 rings (SSSR count). The summed E-state index contributed by atoms with van der Waals surface area (Å²) in [7, 11) is 1.63. The predicted molar refractivity (Wildman–Crippen MR) is 69.2 cm³/mol. The lowest BCUT2D eigenvalue weighted by atomic mass is 10.0. The van der Waals surface area contributed by atoms with Crippen molar-refractivity contribution < 1.29 is 14.7 Å². The van der Waals surface area contributed by atoms with Crippen molar-refractivity contribution in [2.24, 2.45) is 5.92 Å². The van der Waals surface area contributed by atoms with Gasteiger partial charge in [-0.3, -0.25) is 9.59 Å². The second-order valence-electron chi connectivity index (χ2n) is 4.60. The van der Waals surface area contributed by atoms with E-state index in [4.69, 9.17) is 5.11 Å². The Morgan fingerprint density at radius 2 is 1.67 bits per heavy atom. The van der Waals surface area contributed by atoms with Gasteiger partial charge < -0.3 is 10.0 Å². The van der Waals surface area contributed by atoms with E-state index in [1.54, 1.807) is 7.05 Å². The van der Waals surface area contributed by atoms with Crippen LogP contribution in [0.15, 0.2) is 24.3 Å². The standard InChI is InChI=1S/C14H19NO3/c1-9-5-7-12(8-6-9)11(3)15(4)13(16)10(2)14(17)18/h5-8,10-11H,1-4H3,(H,17,18). The summed E-state index contributed by atoms with van der Waals surface area (Å²) in [6, 6.07) is 7.72. The molecule has 0 spiro atoms. The highest BCUT2D eigenvalue weighted by Crippen LogP contribution is 2.20. The highest BCUT2D eigenvalue weighted by atomic mass is 16.4. The van der Waals surface area contributed by atoms with Gasteiger partial charge in [-0.2, -0.15) is 0 Å². The third-order valence-corrected chi connectivity index (χ3v) is 3.23. The molecule has 0 heterocycles. The van der Waals surface area contributed by atoms with Gasteiger partial charge in [0.25, 0.3) is 0 Å². The maximum atomic E-state index is 11.9. The van der Waals surface area contributed by atoms with E-state index in [1.165, 1.54) is 11.8 Å². The number of aliphatic carboxylic acids is 1. The zero-order chi connectivity index (χ0) is 13.9. The Balaban J connectivity index is 2.83. The van der Waals surface area contributed by atoms with Crippen LogP contribution in [0.4, 0.5) is 0 Å². The number of carboxylic acid groups (broad SMARTS) is 1. The number of hydrogen-bond donors (Lipinski definition) is 1. The van der Waals surface area contributed by atoms with Crippen LogP contribution in [0.5, 0.6) is 0 Å². The predicted octanol–water partition coefficient (Wildman–Crippen LogP) is 2.24. The van der Waals surface area contributed by atoms with Gasteiger partial charge in [-0.15, -0.1) is 0 Å². The van der Waals surface area contributed by atoms with E-state index in [0.29, 0.717) is 0 Å². The number of aryl methyl sites for hydroxylation is 1. The SMILES string of the molecule is Cc1ccc(C(C)N(C)C(=O)C(C)C(=O)O)cc1. The molecule has 1 aromatic carbocycles. The number of nitrogens with zero attached hydrogens (tertiary/aromatic N) is 1. The number of amides is 1. The number of carboxylic acids is 1. The van der Waals surface area contributed by atoms with Crippen LogP contribution >= 0.6 is 0 Å². The second kappa shape index (κ2) is 5.67. The van der Waals surface area contributed by atoms with Gasteiger partial charge in [-0.05, 0) is 26.3 Å². The summed E-state index contributed by atoms with van der Waals surface area (Å²) < 4.78 is 0. The average Bonchev–Trinajstić information content (AvgIpc) is 2.36. The number of benzene rings is 1. The van der Waals surface area contributed by atoms with Gasteiger partial charge in [0.2, 0.25) is 5.91 Å². The van der Waals surface area contributed by atoms with Crippen LogP contribution in [0.2, 0.25) is 0 Å². The molecule has 0 radical (unpaired) electrons. The fraction of sp³-hybridized carbons (Fsp3) is 0.429. The largest absolute Gasteiger partial charge is 0.481 e. The van der Waals surface area contributed by atoms with Crippen molar-refractivity contribution >= 4 is 11.9 Å². The quantitative estimate of drug-likeness (QED) is 0.832. The van der Waals surface area contributed by atoms with E-state index in [-0.39, 0.29) is 11.9 Å². The van der Waals surface area contributed by atoms with E-state index in [1.807, 2.05) is 38.1 Å². The molecule has 98 valence electrons.